The van der Waals surface area contributed by atoms with Gasteiger partial charge in [0, 0.05) is 19.0 Å². The molecule has 4 rings (SSSR count). The molecule has 0 aromatic heterocycles. The van der Waals surface area contributed by atoms with Gasteiger partial charge in [0.05, 0.1) is 11.4 Å². The van der Waals surface area contributed by atoms with Gasteiger partial charge in [-0.1, -0.05) is 36.4 Å². The molecule has 0 spiro atoms. The number of carbonyl (C=O) groups excluding carboxylic acids is 1. The van der Waals surface area contributed by atoms with Crippen LogP contribution in [0.15, 0.2) is 48.5 Å². The molecular formula is C19H20N2O. The third-order valence-electron chi connectivity index (χ3n) is 4.58. The van der Waals surface area contributed by atoms with Gasteiger partial charge in [0.15, 0.2) is 0 Å². The maximum absolute atomic E-state index is 12.1. The number of rotatable bonds is 3. The minimum absolute atomic E-state index is 0.171. The zero-order chi connectivity index (χ0) is 14.9. The first-order chi connectivity index (χ1) is 10.8. The lowest BCUT2D eigenvalue weighted by atomic mass is 9.99. The van der Waals surface area contributed by atoms with Gasteiger partial charge in [0.2, 0.25) is 5.91 Å². The average molecular weight is 292 g/mol. The first-order valence-corrected chi connectivity index (χ1v) is 8.03. The van der Waals surface area contributed by atoms with Crippen LogP contribution in [0.4, 0.5) is 11.4 Å². The summed E-state index contributed by atoms with van der Waals surface area (Å²) in [4.78, 5) is 14.4. The summed E-state index contributed by atoms with van der Waals surface area (Å²) in [5.74, 6) is 0.403. The SMILES string of the molecule is O=C(Nc1ccccc1N1CCc2ccccc2C1)C1CC1. The number of nitrogens with one attached hydrogen (secondary N) is 1. The molecule has 3 nitrogen and oxygen atoms in total. The Hall–Kier alpha value is -2.29. The van der Waals surface area contributed by atoms with Crippen LogP contribution in [0.5, 0.6) is 0 Å². The standard InChI is InChI=1S/C19H20N2O/c22-19(15-9-10-15)20-17-7-3-4-8-18(17)21-12-11-14-5-1-2-6-16(14)13-21/h1-8,15H,9-13H2,(H,20,22). The van der Waals surface area contributed by atoms with Gasteiger partial charge in [0.1, 0.15) is 0 Å². The lowest BCUT2D eigenvalue weighted by Crippen LogP contribution is -2.31. The van der Waals surface area contributed by atoms with Crippen LogP contribution in [-0.2, 0) is 17.8 Å². The smallest absolute Gasteiger partial charge is 0.227 e. The Balaban J connectivity index is 1.59. The highest BCUT2D eigenvalue weighted by Gasteiger charge is 2.30. The van der Waals surface area contributed by atoms with Gasteiger partial charge in [-0.25, -0.2) is 0 Å². The molecule has 1 saturated carbocycles. The number of anilines is 2. The summed E-state index contributed by atoms with van der Waals surface area (Å²) < 4.78 is 0. The van der Waals surface area contributed by atoms with E-state index >= 15 is 0 Å². The molecule has 22 heavy (non-hydrogen) atoms. The fraction of sp³-hybridized carbons (Fsp3) is 0.316. The van der Waals surface area contributed by atoms with Gasteiger partial charge in [-0.2, -0.15) is 0 Å². The minimum atomic E-state index is 0.171. The van der Waals surface area contributed by atoms with Crippen LogP contribution >= 0.6 is 0 Å². The molecular weight excluding hydrogens is 272 g/mol. The van der Waals surface area contributed by atoms with Crippen LogP contribution in [0.1, 0.15) is 24.0 Å². The van der Waals surface area contributed by atoms with Gasteiger partial charge >= 0.3 is 0 Å². The molecule has 1 heterocycles. The van der Waals surface area contributed by atoms with Crippen LogP contribution in [0.3, 0.4) is 0 Å². The van der Waals surface area contributed by atoms with Crippen molar-refractivity contribution in [2.24, 2.45) is 5.92 Å². The van der Waals surface area contributed by atoms with E-state index in [4.69, 9.17) is 0 Å². The Labute approximate surface area is 131 Å². The van der Waals surface area contributed by atoms with Crippen molar-refractivity contribution in [3.8, 4) is 0 Å². The molecule has 1 N–H and O–H groups in total. The Morgan fingerprint density at radius 1 is 1.00 bits per heavy atom. The van der Waals surface area contributed by atoms with E-state index in [2.05, 4.69) is 40.5 Å². The molecule has 1 aliphatic carbocycles. The Kier molecular flexibility index (Phi) is 3.34. The normalized spacial score (nSPS) is 17.0. The summed E-state index contributed by atoms with van der Waals surface area (Å²) in [5, 5.41) is 3.11. The molecule has 0 bridgehead atoms. The van der Waals surface area contributed by atoms with Crippen LogP contribution < -0.4 is 10.2 Å². The molecule has 1 aliphatic heterocycles. The predicted molar refractivity (Wildman–Crippen MR) is 89.0 cm³/mol. The topological polar surface area (TPSA) is 32.3 Å². The van der Waals surface area contributed by atoms with E-state index < -0.39 is 0 Å². The van der Waals surface area contributed by atoms with Crippen molar-refractivity contribution in [2.75, 3.05) is 16.8 Å². The van der Waals surface area contributed by atoms with E-state index in [0.29, 0.717) is 0 Å². The number of para-hydroxylation sites is 2. The largest absolute Gasteiger partial charge is 0.365 e. The van der Waals surface area contributed by atoms with Crippen molar-refractivity contribution in [3.63, 3.8) is 0 Å². The van der Waals surface area contributed by atoms with Gasteiger partial charge in [-0.15, -0.1) is 0 Å². The maximum Gasteiger partial charge on any atom is 0.227 e. The zero-order valence-electron chi connectivity index (χ0n) is 12.6. The molecule has 2 aromatic rings. The number of amides is 1. The Morgan fingerprint density at radius 2 is 1.73 bits per heavy atom. The number of hydrogen-bond acceptors (Lipinski definition) is 2. The third-order valence-corrected chi connectivity index (χ3v) is 4.58. The third kappa shape index (κ3) is 2.59. The van der Waals surface area contributed by atoms with Crippen LogP contribution in [-0.4, -0.2) is 12.5 Å². The molecule has 112 valence electrons. The van der Waals surface area contributed by atoms with E-state index in [-0.39, 0.29) is 11.8 Å². The van der Waals surface area contributed by atoms with Crippen LogP contribution in [0.25, 0.3) is 0 Å². The van der Waals surface area contributed by atoms with Crippen molar-refractivity contribution >= 4 is 17.3 Å². The minimum Gasteiger partial charge on any atom is -0.365 e. The highest BCUT2D eigenvalue weighted by molar-refractivity contribution is 5.97. The van der Waals surface area contributed by atoms with Crippen molar-refractivity contribution in [2.45, 2.75) is 25.8 Å². The zero-order valence-corrected chi connectivity index (χ0v) is 12.6. The molecule has 2 aliphatic rings. The van der Waals surface area contributed by atoms with Crippen LogP contribution in [0, 0.1) is 5.92 Å². The van der Waals surface area contributed by atoms with Gasteiger partial charge in [0.25, 0.3) is 0 Å². The lowest BCUT2D eigenvalue weighted by molar-refractivity contribution is -0.117. The maximum atomic E-state index is 12.1. The first kappa shape index (κ1) is 13.4. The molecule has 0 radical (unpaired) electrons. The van der Waals surface area contributed by atoms with Crippen molar-refractivity contribution in [3.05, 3.63) is 59.7 Å². The molecule has 2 aromatic carbocycles. The second kappa shape index (κ2) is 5.48. The summed E-state index contributed by atoms with van der Waals surface area (Å²) in [6, 6.07) is 16.8. The first-order valence-electron chi connectivity index (χ1n) is 8.03. The molecule has 0 atom stereocenters. The van der Waals surface area contributed by atoms with E-state index in [1.165, 1.54) is 11.1 Å². The fourth-order valence-corrected chi connectivity index (χ4v) is 3.14. The molecule has 1 amide bonds. The number of hydrogen-bond donors (Lipinski definition) is 1. The number of fused-ring (bicyclic) bond motifs is 1. The molecule has 3 heteroatoms. The van der Waals surface area contributed by atoms with Gasteiger partial charge in [-0.3, -0.25) is 4.79 Å². The number of carbonyl (C=O) groups is 1. The van der Waals surface area contributed by atoms with E-state index in [0.717, 1.165) is 43.7 Å². The fourth-order valence-electron chi connectivity index (χ4n) is 3.14. The van der Waals surface area contributed by atoms with E-state index in [9.17, 15) is 4.79 Å². The number of benzene rings is 2. The lowest BCUT2D eigenvalue weighted by Gasteiger charge is -2.32. The van der Waals surface area contributed by atoms with Crippen molar-refractivity contribution in [1.82, 2.24) is 0 Å². The molecule has 1 fully saturated rings. The van der Waals surface area contributed by atoms with E-state index in [1.807, 2.05) is 18.2 Å². The van der Waals surface area contributed by atoms with Crippen molar-refractivity contribution in [1.29, 1.82) is 0 Å². The van der Waals surface area contributed by atoms with Gasteiger partial charge < -0.3 is 10.2 Å². The molecule has 0 saturated heterocycles. The highest BCUT2D eigenvalue weighted by atomic mass is 16.2. The quantitative estimate of drug-likeness (QED) is 0.937. The molecule has 0 unspecified atom stereocenters. The average Bonchev–Trinajstić information content (AvgIpc) is 3.40. The van der Waals surface area contributed by atoms with Crippen LogP contribution in [0.2, 0.25) is 0 Å². The summed E-state index contributed by atoms with van der Waals surface area (Å²) in [6.07, 6.45) is 3.12. The monoisotopic (exact) mass is 292 g/mol. The summed E-state index contributed by atoms with van der Waals surface area (Å²) in [5.41, 5.74) is 4.90. The van der Waals surface area contributed by atoms with E-state index in [1.54, 1.807) is 0 Å². The van der Waals surface area contributed by atoms with Gasteiger partial charge in [-0.05, 0) is 42.5 Å². The summed E-state index contributed by atoms with van der Waals surface area (Å²) in [6.45, 7) is 1.90. The second-order valence-electron chi connectivity index (χ2n) is 6.22. The second-order valence-corrected chi connectivity index (χ2v) is 6.22. The Morgan fingerprint density at radius 3 is 2.55 bits per heavy atom. The summed E-state index contributed by atoms with van der Waals surface area (Å²) in [7, 11) is 0. The number of nitrogens with zero attached hydrogens (tertiary/aromatic N) is 1. The Bertz CT molecular complexity index is 706. The summed E-state index contributed by atoms with van der Waals surface area (Å²) >= 11 is 0. The van der Waals surface area contributed by atoms with Crippen molar-refractivity contribution < 1.29 is 4.79 Å². The highest BCUT2D eigenvalue weighted by Crippen LogP contribution is 2.34. The predicted octanol–water partition coefficient (Wildman–Crippen LogP) is 3.60.